The Hall–Kier alpha value is -3.43. The molecule has 0 bridgehead atoms. The van der Waals surface area contributed by atoms with Crippen molar-refractivity contribution in [3.05, 3.63) is 35.4 Å². The highest BCUT2D eigenvalue weighted by atomic mass is 16.2. The molecular weight excluding hydrogens is 426 g/mol. The van der Waals surface area contributed by atoms with Crippen molar-refractivity contribution in [1.29, 1.82) is 0 Å². The van der Waals surface area contributed by atoms with Gasteiger partial charge in [0.2, 0.25) is 5.91 Å². The SMILES string of the molecule is CC1CCC2(CC1)NC(=O)N(NC(=O)CNC(=O)C1c3ccccc3C(=O)N1C1CC1)C2=O. The highest BCUT2D eigenvalue weighted by molar-refractivity contribution is 6.08. The number of carbonyl (C=O) groups excluding carboxylic acids is 5. The van der Waals surface area contributed by atoms with E-state index in [9.17, 15) is 24.0 Å². The summed E-state index contributed by atoms with van der Waals surface area (Å²) < 4.78 is 0. The third-order valence-electron chi connectivity index (χ3n) is 7.14. The lowest BCUT2D eigenvalue weighted by molar-refractivity contribution is -0.140. The van der Waals surface area contributed by atoms with Crippen molar-refractivity contribution in [2.24, 2.45) is 5.92 Å². The van der Waals surface area contributed by atoms with Crippen LogP contribution < -0.4 is 16.1 Å². The van der Waals surface area contributed by atoms with Crippen LogP contribution in [0.1, 0.15) is 67.4 Å². The Morgan fingerprint density at radius 1 is 1.09 bits per heavy atom. The molecule has 1 unspecified atom stereocenters. The van der Waals surface area contributed by atoms with Gasteiger partial charge in [-0.1, -0.05) is 25.1 Å². The minimum atomic E-state index is -0.960. The molecule has 33 heavy (non-hydrogen) atoms. The number of carbonyl (C=O) groups is 5. The predicted molar refractivity (Wildman–Crippen MR) is 115 cm³/mol. The van der Waals surface area contributed by atoms with E-state index in [4.69, 9.17) is 0 Å². The molecule has 1 aromatic rings. The maximum Gasteiger partial charge on any atom is 0.344 e. The molecule has 2 saturated carbocycles. The second-order valence-corrected chi connectivity index (χ2v) is 9.52. The molecule has 3 fully saturated rings. The van der Waals surface area contributed by atoms with Gasteiger partial charge in [0.25, 0.3) is 17.7 Å². The Morgan fingerprint density at radius 3 is 2.48 bits per heavy atom. The number of hydrogen-bond acceptors (Lipinski definition) is 5. The number of urea groups is 1. The minimum absolute atomic E-state index is 0.0230. The largest absolute Gasteiger partial charge is 0.345 e. The van der Waals surface area contributed by atoms with Gasteiger partial charge in [-0.25, -0.2) is 4.79 Å². The smallest absolute Gasteiger partial charge is 0.344 e. The first-order chi connectivity index (χ1) is 15.8. The molecule has 2 heterocycles. The summed E-state index contributed by atoms with van der Waals surface area (Å²) in [5.41, 5.74) is 2.48. The Morgan fingerprint density at radius 2 is 1.79 bits per heavy atom. The Balaban J connectivity index is 1.22. The third kappa shape index (κ3) is 3.63. The number of nitrogens with one attached hydrogen (secondary N) is 3. The van der Waals surface area contributed by atoms with Gasteiger partial charge in [-0.15, -0.1) is 0 Å². The Labute approximate surface area is 191 Å². The molecule has 0 aromatic heterocycles. The number of nitrogens with zero attached hydrogens (tertiary/aromatic N) is 2. The van der Waals surface area contributed by atoms with Crippen molar-refractivity contribution >= 4 is 29.7 Å². The molecule has 2 aliphatic heterocycles. The van der Waals surface area contributed by atoms with E-state index in [1.807, 2.05) is 0 Å². The molecule has 6 amide bonds. The number of rotatable bonds is 5. The predicted octanol–water partition coefficient (Wildman–Crippen LogP) is 0.994. The first kappa shape index (κ1) is 21.4. The summed E-state index contributed by atoms with van der Waals surface area (Å²) in [4.78, 5) is 65.1. The molecule has 10 heteroatoms. The Bertz CT molecular complexity index is 1040. The van der Waals surface area contributed by atoms with Gasteiger partial charge < -0.3 is 15.5 Å². The molecule has 0 radical (unpaired) electrons. The van der Waals surface area contributed by atoms with Crippen LogP contribution in [0.5, 0.6) is 0 Å². The number of hydrogen-bond donors (Lipinski definition) is 3. The summed E-state index contributed by atoms with van der Waals surface area (Å²) in [6.07, 6.45) is 4.40. The van der Waals surface area contributed by atoms with Crippen LogP contribution >= 0.6 is 0 Å². The second kappa shape index (κ2) is 7.86. The molecule has 3 N–H and O–H groups in total. The van der Waals surface area contributed by atoms with Crippen LogP contribution in [0, 0.1) is 5.92 Å². The number of benzene rings is 1. The zero-order chi connectivity index (χ0) is 23.3. The van der Waals surface area contributed by atoms with Crippen LogP contribution in [-0.4, -0.2) is 57.7 Å². The molecule has 4 aliphatic rings. The summed E-state index contributed by atoms with van der Waals surface area (Å²) in [5, 5.41) is 6.02. The molecule has 1 aromatic carbocycles. The monoisotopic (exact) mass is 453 g/mol. The summed E-state index contributed by atoms with van der Waals surface area (Å²) in [6, 6.07) is 5.55. The maximum atomic E-state index is 13.0. The number of imide groups is 1. The van der Waals surface area contributed by atoms with E-state index < -0.39 is 41.9 Å². The maximum absolute atomic E-state index is 13.0. The van der Waals surface area contributed by atoms with E-state index in [1.54, 1.807) is 29.2 Å². The highest BCUT2D eigenvalue weighted by Gasteiger charge is 2.53. The number of fused-ring (bicyclic) bond motifs is 1. The molecule has 5 rings (SSSR count). The molecule has 1 saturated heterocycles. The lowest BCUT2D eigenvalue weighted by Gasteiger charge is -2.33. The zero-order valence-electron chi connectivity index (χ0n) is 18.4. The lowest BCUT2D eigenvalue weighted by atomic mass is 9.77. The van der Waals surface area contributed by atoms with Gasteiger partial charge in [0.1, 0.15) is 11.6 Å². The average molecular weight is 453 g/mol. The van der Waals surface area contributed by atoms with Gasteiger partial charge >= 0.3 is 6.03 Å². The molecule has 1 atom stereocenters. The third-order valence-corrected chi connectivity index (χ3v) is 7.14. The van der Waals surface area contributed by atoms with E-state index in [0.29, 0.717) is 29.9 Å². The van der Waals surface area contributed by atoms with Gasteiger partial charge in [0, 0.05) is 11.6 Å². The Kier molecular flexibility index (Phi) is 5.10. The van der Waals surface area contributed by atoms with Crippen molar-refractivity contribution in [3.63, 3.8) is 0 Å². The van der Waals surface area contributed by atoms with Crippen molar-refractivity contribution in [2.45, 2.75) is 63.1 Å². The number of hydrazine groups is 1. The van der Waals surface area contributed by atoms with Crippen molar-refractivity contribution in [3.8, 4) is 0 Å². The minimum Gasteiger partial charge on any atom is -0.345 e. The van der Waals surface area contributed by atoms with Gasteiger partial charge in [-0.3, -0.25) is 24.6 Å². The van der Waals surface area contributed by atoms with Crippen molar-refractivity contribution in [1.82, 2.24) is 26.0 Å². The summed E-state index contributed by atoms with van der Waals surface area (Å²) in [6.45, 7) is 1.68. The van der Waals surface area contributed by atoms with E-state index >= 15 is 0 Å². The first-order valence-electron chi connectivity index (χ1n) is 11.5. The fourth-order valence-electron chi connectivity index (χ4n) is 5.08. The standard InChI is InChI=1S/C23H27N5O5/c1-13-8-10-23(11-9-13)21(32)28(22(33)25-23)26-17(29)12-24-19(30)18-15-4-2-3-5-16(15)20(31)27(18)14-6-7-14/h2-5,13-14,18H,6-12H2,1H3,(H,24,30)(H,25,33)(H,26,29). The van der Waals surface area contributed by atoms with Gasteiger partial charge in [-0.05, 0) is 56.1 Å². The van der Waals surface area contributed by atoms with Crippen molar-refractivity contribution in [2.75, 3.05) is 6.54 Å². The summed E-state index contributed by atoms with van der Waals surface area (Å²) >= 11 is 0. The van der Waals surface area contributed by atoms with Gasteiger partial charge in [-0.2, -0.15) is 5.01 Å². The van der Waals surface area contributed by atoms with Crippen LogP contribution in [0.15, 0.2) is 24.3 Å². The average Bonchev–Trinajstić information content (AvgIpc) is 3.56. The molecular formula is C23H27N5O5. The van der Waals surface area contributed by atoms with E-state index in [-0.39, 0.29) is 11.9 Å². The second-order valence-electron chi connectivity index (χ2n) is 9.52. The normalized spacial score (nSPS) is 28.7. The quantitative estimate of drug-likeness (QED) is 0.573. The molecule has 10 nitrogen and oxygen atoms in total. The zero-order valence-corrected chi connectivity index (χ0v) is 18.4. The first-order valence-corrected chi connectivity index (χ1v) is 11.5. The van der Waals surface area contributed by atoms with Crippen molar-refractivity contribution < 1.29 is 24.0 Å². The summed E-state index contributed by atoms with van der Waals surface area (Å²) in [5.74, 6) is -1.31. The van der Waals surface area contributed by atoms with Crippen LogP contribution in [-0.2, 0) is 14.4 Å². The van der Waals surface area contributed by atoms with Crippen LogP contribution in [0.25, 0.3) is 0 Å². The van der Waals surface area contributed by atoms with Gasteiger partial charge in [0.05, 0.1) is 6.54 Å². The molecule has 174 valence electrons. The van der Waals surface area contributed by atoms with Gasteiger partial charge in [0.15, 0.2) is 0 Å². The lowest BCUT2D eigenvalue weighted by Crippen LogP contribution is -2.53. The molecule has 1 spiro atoms. The summed E-state index contributed by atoms with van der Waals surface area (Å²) in [7, 11) is 0. The molecule has 2 aliphatic carbocycles. The topological polar surface area (TPSA) is 128 Å². The van der Waals surface area contributed by atoms with Crippen LogP contribution in [0.2, 0.25) is 0 Å². The van der Waals surface area contributed by atoms with E-state index in [1.165, 1.54) is 0 Å². The number of amides is 6. The fraction of sp³-hybridized carbons (Fsp3) is 0.522. The van der Waals surface area contributed by atoms with E-state index in [0.717, 1.165) is 30.7 Å². The van der Waals surface area contributed by atoms with Crippen LogP contribution in [0.3, 0.4) is 0 Å². The van der Waals surface area contributed by atoms with E-state index in [2.05, 4.69) is 23.0 Å². The highest BCUT2D eigenvalue weighted by Crippen LogP contribution is 2.42. The fourth-order valence-corrected chi connectivity index (χ4v) is 5.08. The van der Waals surface area contributed by atoms with Crippen LogP contribution in [0.4, 0.5) is 4.79 Å².